The first-order chi connectivity index (χ1) is 13.0. The molecule has 2 aromatic heterocycles. The number of rotatable bonds is 2. The van der Waals surface area contributed by atoms with E-state index in [1.165, 1.54) is 24.3 Å². The van der Waals surface area contributed by atoms with Gasteiger partial charge in [0.25, 0.3) is 11.4 Å². The number of hydrogen-bond acceptors (Lipinski definition) is 6. The number of benzene rings is 2. The minimum Gasteiger partial charge on any atom is -0.258 e. The highest BCUT2D eigenvalue weighted by Gasteiger charge is 2.10. The van der Waals surface area contributed by atoms with Crippen LogP contribution in [0.5, 0.6) is 0 Å². The van der Waals surface area contributed by atoms with E-state index in [2.05, 4.69) is 25.9 Å². The summed E-state index contributed by atoms with van der Waals surface area (Å²) in [5.74, 6) is 0. The second kappa shape index (κ2) is 7.83. The van der Waals surface area contributed by atoms with Crippen LogP contribution in [-0.4, -0.2) is 19.8 Å². The molecule has 4 rings (SSSR count). The van der Waals surface area contributed by atoms with E-state index in [9.17, 15) is 20.2 Å². The van der Waals surface area contributed by atoms with Gasteiger partial charge in [-0.25, -0.2) is 0 Å². The summed E-state index contributed by atoms with van der Waals surface area (Å²) >= 11 is 3.25. The van der Waals surface area contributed by atoms with Crippen molar-refractivity contribution >= 4 is 49.1 Å². The fourth-order valence-corrected chi connectivity index (χ4v) is 2.98. The molecule has 0 fully saturated rings. The van der Waals surface area contributed by atoms with Gasteiger partial charge in [-0.3, -0.25) is 30.2 Å². The molecule has 0 saturated carbocycles. The quantitative estimate of drug-likeness (QED) is 0.327. The Morgan fingerprint density at radius 2 is 1.41 bits per heavy atom. The Hall–Kier alpha value is -3.46. The molecule has 0 aliphatic rings. The molecule has 0 aliphatic heterocycles. The molecule has 0 aliphatic carbocycles. The zero-order valence-electron chi connectivity index (χ0n) is 13.7. The standard InChI is InChI=1S/C9H5BrN2O2.C9H6N2O2/c10-8-5-7(12(13)14)4-6-2-1-3-11-9(6)8;12-11(13)8-3-4-9-7(6-8)2-1-5-10-9/h1-5H;1-6H. The van der Waals surface area contributed by atoms with Crippen molar-refractivity contribution in [3.05, 3.63) is 91.7 Å². The number of nitro groups is 2. The fraction of sp³-hybridized carbons (Fsp3) is 0. The molecule has 8 nitrogen and oxygen atoms in total. The Kier molecular flexibility index (Phi) is 5.32. The number of hydrogen-bond donors (Lipinski definition) is 0. The van der Waals surface area contributed by atoms with Gasteiger partial charge in [-0.15, -0.1) is 0 Å². The van der Waals surface area contributed by atoms with Crippen LogP contribution in [0.25, 0.3) is 21.8 Å². The van der Waals surface area contributed by atoms with Crippen molar-refractivity contribution < 1.29 is 9.85 Å². The SMILES string of the molecule is O=[N+]([O-])c1cc(Br)c2ncccc2c1.O=[N+]([O-])c1ccc2ncccc2c1. The normalized spacial score (nSPS) is 10.3. The lowest BCUT2D eigenvalue weighted by atomic mass is 10.2. The first-order valence-electron chi connectivity index (χ1n) is 7.63. The van der Waals surface area contributed by atoms with E-state index in [0.717, 1.165) is 21.8 Å². The van der Waals surface area contributed by atoms with Gasteiger partial charge in [0, 0.05) is 47.4 Å². The Balaban J connectivity index is 0.000000156. The minimum atomic E-state index is -0.419. The van der Waals surface area contributed by atoms with Crippen LogP contribution < -0.4 is 0 Å². The van der Waals surface area contributed by atoms with Crippen molar-refractivity contribution in [2.24, 2.45) is 0 Å². The molecule has 2 heterocycles. The van der Waals surface area contributed by atoms with Crippen LogP contribution in [0.15, 0.2) is 71.5 Å². The Morgan fingerprint density at radius 3 is 2.11 bits per heavy atom. The first kappa shape index (κ1) is 18.3. The molecule has 0 bridgehead atoms. The predicted molar refractivity (Wildman–Crippen MR) is 104 cm³/mol. The lowest BCUT2D eigenvalue weighted by Gasteiger charge is -1.98. The van der Waals surface area contributed by atoms with E-state index in [4.69, 9.17) is 0 Å². The molecule has 0 amide bonds. The maximum atomic E-state index is 10.6. The third kappa shape index (κ3) is 4.21. The largest absolute Gasteiger partial charge is 0.271 e. The van der Waals surface area contributed by atoms with Crippen molar-refractivity contribution in [2.45, 2.75) is 0 Å². The van der Waals surface area contributed by atoms with Gasteiger partial charge in [0.15, 0.2) is 0 Å². The van der Waals surface area contributed by atoms with E-state index < -0.39 is 9.85 Å². The lowest BCUT2D eigenvalue weighted by Crippen LogP contribution is -1.89. The second-order valence-corrected chi connectivity index (χ2v) is 6.25. The predicted octanol–water partition coefficient (Wildman–Crippen LogP) is 5.05. The number of halogens is 1. The summed E-state index contributed by atoms with van der Waals surface area (Å²) in [6.07, 6.45) is 3.31. The molecular weight excluding hydrogens is 416 g/mol. The summed E-state index contributed by atoms with van der Waals surface area (Å²) in [6.45, 7) is 0. The summed E-state index contributed by atoms with van der Waals surface area (Å²) in [6, 6.07) is 14.7. The average molecular weight is 427 g/mol. The highest BCUT2D eigenvalue weighted by atomic mass is 79.9. The monoisotopic (exact) mass is 426 g/mol. The summed E-state index contributed by atoms with van der Waals surface area (Å²) in [4.78, 5) is 28.3. The minimum absolute atomic E-state index is 0.0670. The Morgan fingerprint density at radius 1 is 0.778 bits per heavy atom. The molecule has 0 saturated heterocycles. The second-order valence-electron chi connectivity index (χ2n) is 5.40. The number of non-ortho nitro benzene ring substituents is 2. The van der Waals surface area contributed by atoms with Crippen LogP contribution in [0.4, 0.5) is 11.4 Å². The van der Waals surface area contributed by atoms with E-state index in [0.29, 0.717) is 4.47 Å². The maximum Gasteiger partial charge on any atom is 0.271 e. The molecule has 134 valence electrons. The zero-order valence-corrected chi connectivity index (χ0v) is 15.2. The van der Waals surface area contributed by atoms with Gasteiger partial charge in [0.1, 0.15) is 0 Å². The fourth-order valence-electron chi connectivity index (χ4n) is 2.41. The first-order valence-corrected chi connectivity index (χ1v) is 8.43. The van der Waals surface area contributed by atoms with Crippen LogP contribution in [-0.2, 0) is 0 Å². The molecule has 0 unspecified atom stereocenters. The van der Waals surface area contributed by atoms with Gasteiger partial charge in [0.05, 0.1) is 25.4 Å². The van der Waals surface area contributed by atoms with Crippen LogP contribution in [0.1, 0.15) is 0 Å². The van der Waals surface area contributed by atoms with Gasteiger partial charge in [-0.05, 0) is 34.1 Å². The Bertz CT molecular complexity index is 1170. The zero-order chi connectivity index (χ0) is 19.4. The van der Waals surface area contributed by atoms with Gasteiger partial charge < -0.3 is 0 Å². The average Bonchev–Trinajstić information content (AvgIpc) is 2.68. The van der Waals surface area contributed by atoms with Crippen LogP contribution in [0.3, 0.4) is 0 Å². The Labute approximate surface area is 160 Å². The van der Waals surface area contributed by atoms with Gasteiger partial charge in [-0.1, -0.05) is 12.1 Å². The van der Waals surface area contributed by atoms with Crippen molar-refractivity contribution in [1.82, 2.24) is 9.97 Å². The summed E-state index contributed by atoms with van der Waals surface area (Å²) < 4.78 is 0.641. The molecule has 0 atom stereocenters. The van der Waals surface area contributed by atoms with E-state index in [-0.39, 0.29) is 11.4 Å². The molecule has 27 heavy (non-hydrogen) atoms. The van der Waals surface area contributed by atoms with Crippen molar-refractivity contribution in [1.29, 1.82) is 0 Å². The van der Waals surface area contributed by atoms with Gasteiger partial charge >= 0.3 is 0 Å². The third-order valence-corrected chi connectivity index (χ3v) is 4.26. The number of nitro benzene ring substituents is 2. The smallest absolute Gasteiger partial charge is 0.258 e. The number of nitrogens with zero attached hydrogens (tertiary/aromatic N) is 4. The van der Waals surface area contributed by atoms with Crippen molar-refractivity contribution in [3.63, 3.8) is 0 Å². The van der Waals surface area contributed by atoms with Gasteiger partial charge in [-0.2, -0.15) is 0 Å². The lowest BCUT2D eigenvalue weighted by molar-refractivity contribution is -0.384. The molecule has 4 aromatic rings. The van der Waals surface area contributed by atoms with Crippen molar-refractivity contribution in [2.75, 3.05) is 0 Å². The topological polar surface area (TPSA) is 112 Å². The number of fused-ring (bicyclic) bond motifs is 2. The van der Waals surface area contributed by atoms with Crippen LogP contribution in [0.2, 0.25) is 0 Å². The number of aromatic nitrogens is 2. The van der Waals surface area contributed by atoms with Gasteiger partial charge in [0.2, 0.25) is 0 Å². The molecular formula is C18H11BrN4O4. The van der Waals surface area contributed by atoms with Crippen molar-refractivity contribution in [3.8, 4) is 0 Å². The van der Waals surface area contributed by atoms with Crippen LogP contribution >= 0.6 is 15.9 Å². The summed E-state index contributed by atoms with van der Waals surface area (Å²) in [5.41, 5.74) is 1.67. The highest BCUT2D eigenvalue weighted by molar-refractivity contribution is 9.10. The highest BCUT2D eigenvalue weighted by Crippen LogP contribution is 2.27. The molecule has 2 aromatic carbocycles. The molecule has 9 heteroatoms. The van der Waals surface area contributed by atoms with E-state index in [1.807, 2.05) is 0 Å². The summed E-state index contributed by atoms with van der Waals surface area (Å²) in [5, 5.41) is 22.5. The van der Waals surface area contributed by atoms with E-state index in [1.54, 1.807) is 42.7 Å². The third-order valence-electron chi connectivity index (χ3n) is 3.65. The number of pyridine rings is 2. The van der Waals surface area contributed by atoms with Crippen LogP contribution in [0, 0.1) is 20.2 Å². The molecule has 0 N–H and O–H groups in total. The molecule has 0 spiro atoms. The summed E-state index contributed by atoms with van der Waals surface area (Å²) in [7, 11) is 0. The maximum absolute atomic E-state index is 10.6. The molecule has 0 radical (unpaired) electrons. The van der Waals surface area contributed by atoms with E-state index >= 15 is 0 Å².